The van der Waals surface area contributed by atoms with Crippen molar-refractivity contribution >= 4 is 32.9 Å². The number of halogens is 4. The van der Waals surface area contributed by atoms with Crippen LogP contribution in [0.3, 0.4) is 0 Å². The lowest BCUT2D eigenvalue weighted by atomic mass is 9.98. The number of fused-ring (bicyclic) bond motifs is 2. The van der Waals surface area contributed by atoms with Crippen LogP contribution in [-0.2, 0) is 25.7 Å². The maximum Gasteiger partial charge on any atom is 0.417 e. The van der Waals surface area contributed by atoms with E-state index in [4.69, 9.17) is 4.98 Å². The molecule has 4 heterocycles. The van der Waals surface area contributed by atoms with Crippen molar-refractivity contribution in [3.8, 4) is 11.6 Å². The molecule has 13 heteroatoms. The molecule has 222 valence electrons. The van der Waals surface area contributed by atoms with Crippen molar-refractivity contribution in [3.05, 3.63) is 97.4 Å². The molecule has 1 amide bonds. The maximum atomic E-state index is 14.2. The Kier molecular flexibility index (Phi) is 7.03. The zero-order chi connectivity index (χ0) is 30.8. The number of imidazole rings is 1. The molecule has 0 N–H and O–H groups in total. The van der Waals surface area contributed by atoms with E-state index in [1.54, 1.807) is 17.9 Å². The molecule has 0 bridgehead atoms. The Morgan fingerprint density at radius 2 is 1.88 bits per heavy atom. The normalized spacial score (nSPS) is 15.3. The summed E-state index contributed by atoms with van der Waals surface area (Å²) in [5.41, 5.74) is 3.18. The minimum absolute atomic E-state index is 0.0466. The van der Waals surface area contributed by atoms with Gasteiger partial charge in [0.15, 0.2) is 0 Å². The van der Waals surface area contributed by atoms with Crippen LogP contribution in [0.5, 0.6) is 0 Å². The molecule has 0 saturated carbocycles. The molecule has 0 spiro atoms. The molecule has 1 aliphatic rings. The number of carbonyl (C=O) groups is 1. The fourth-order valence-corrected chi connectivity index (χ4v) is 6.08. The number of aromatic nitrogens is 6. The van der Waals surface area contributed by atoms with Gasteiger partial charge < -0.3 is 9.47 Å². The number of aryl methyl sites for hydroxylation is 3. The lowest BCUT2D eigenvalue weighted by molar-refractivity contribution is -0.138. The van der Waals surface area contributed by atoms with E-state index in [0.29, 0.717) is 16.9 Å². The largest absolute Gasteiger partial charge is 0.417 e. The van der Waals surface area contributed by atoms with Crippen LogP contribution in [0.4, 0.5) is 13.2 Å². The van der Waals surface area contributed by atoms with Crippen LogP contribution in [0.1, 0.15) is 52.4 Å². The number of benzene rings is 2. The van der Waals surface area contributed by atoms with Gasteiger partial charge in [-0.2, -0.15) is 18.3 Å². The van der Waals surface area contributed by atoms with Crippen LogP contribution in [0.2, 0.25) is 0 Å². The summed E-state index contributed by atoms with van der Waals surface area (Å²) in [5, 5.41) is 4.58. The molecule has 9 nitrogen and oxygen atoms in total. The van der Waals surface area contributed by atoms with Crippen LogP contribution < -0.4 is 5.56 Å². The molecule has 1 aliphatic heterocycles. The predicted octanol–water partition coefficient (Wildman–Crippen LogP) is 5.77. The summed E-state index contributed by atoms with van der Waals surface area (Å²) in [6, 6.07) is 10.4. The molecular weight excluding hydrogens is 627 g/mol. The van der Waals surface area contributed by atoms with E-state index in [2.05, 4.69) is 26.0 Å². The van der Waals surface area contributed by atoms with Crippen molar-refractivity contribution in [2.45, 2.75) is 59.4 Å². The first-order chi connectivity index (χ1) is 20.4. The van der Waals surface area contributed by atoms with Crippen molar-refractivity contribution in [3.63, 3.8) is 0 Å². The first kappa shape index (κ1) is 28.8. The van der Waals surface area contributed by atoms with E-state index in [9.17, 15) is 22.8 Å². The minimum Gasteiger partial charge on any atom is -0.331 e. The Bertz CT molecular complexity index is 1980. The van der Waals surface area contributed by atoms with Gasteiger partial charge in [-0.05, 0) is 76.6 Å². The minimum atomic E-state index is -4.63. The molecule has 6 rings (SSSR count). The van der Waals surface area contributed by atoms with Gasteiger partial charge >= 0.3 is 6.18 Å². The Morgan fingerprint density at radius 1 is 1.12 bits per heavy atom. The molecule has 3 aromatic heterocycles. The second-order valence-electron chi connectivity index (χ2n) is 10.7. The summed E-state index contributed by atoms with van der Waals surface area (Å²) in [6.07, 6.45) is -2.70. The van der Waals surface area contributed by atoms with Gasteiger partial charge in [0.25, 0.3) is 11.5 Å². The molecule has 0 saturated heterocycles. The fraction of sp³-hybridized carbons (Fsp3) is 0.300. The average molecular weight is 654 g/mol. The van der Waals surface area contributed by atoms with Gasteiger partial charge in [-0.25, -0.2) is 19.2 Å². The van der Waals surface area contributed by atoms with Crippen molar-refractivity contribution < 1.29 is 18.0 Å². The van der Waals surface area contributed by atoms with Crippen molar-refractivity contribution in [1.82, 2.24) is 33.8 Å². The Balaban J connectivity index is 1.48. The highest BCUT2D eigenvalue weighted by Gasteiger charge is 2.36. The maximum absolute atomic E-state index is 14.2. The van der Waals surface area contributed by atoms with Gasteiger partial charge in [0.1, 0.15) is 0 Å². The van der Waals surface area contributed by atoms with Gasteiger partial charge in [-0.15, -0.1) is 0 Å². The summed E-state index contributed by atoms with van der Waals surface area (Å²) in [7, 11) is 0. The van der Waals surface area contributed by atoms with Gasteiger partial charge in [0.05, 0.1) is 46.5 Å². The monoisotopic (exact) mass is 653 g/mol. The number of hydrogen-bond acceptors (Lipinski definition) is 5. The SMILES string of the molecule is CCn1cnc2cc(-n3c(-n4nc(C)cc4C)nc4c(c3=O)CC(C)N(C(=O)c3ccc(Br)c(C(F)(F)F)c3)C4)ccc21. The Morgan fingerprint density at radius 3 is 2.56 bits per heavy atom. The van der Waals surface area contributed by atoms with Crippen LogP contribution in [0.15, 0.2) is 58.1 Å². The molecule has 1 atom stereocenters. The Hall–Kier alpha value is -4.26. The first-order valence-electron chi connectivity index (χ1n) is 13.7. The van der Waals surface area contributed by atoms with Gasteiger partial charge in [-0.3, -0.25) is 9.59 Å². The number of alkyl halides is 3. The van der Waals surface area contributed by atoms with Crippen molar-refractivity contribution in [2.24, 2.45) is 0 Å². The van der Waals surface area contributed by atoms with E-state index >= 15 is 0 Å². The Labute approximate surface area is 252 Å². The molecule has 1 unspecified atom stereocenters. The topological polar surface area (TPSA) is 90.8 Å². The fourth-order valence-electron chi connectivity index (χ4n) is 5.61. The summed E-state index contributed by atoms with van der Waals surface area (Å²) in [6.45, 7) is 8.18. The van der Waals surface area contributed by atoms with E-state index in [-0.39, 0.29) is 34.5 Å². The smallest absolute Gasteiger partial charge is 0.331 e. The number of rotatable bonds is 4. The van der Waals surface area contributed by atoms with Gasteiger partial charge in [0, 0.05) is 33.9 Å². The summed E-state index contributed by atoms with van der Waals surface area (Å²) in [4.78, 5) is 38.6. The van der Waals surface area contributed by atoms with Crippen molar-refractivity contribution in [2.75, 3.05) is 0 Å². The van der Waals surface area contributed by atoms with Crippen LogP contribution in [0.25, 0.3) is 22.7 Å². The highest BCUT2D eigenvalue weighted by molar-refractivity contribution is 9.10. The van der Waals surface area contributed by atoms with E-state index in [1.165, 1.54) is 21.6 Å². The second kappa shape index (κ2) is 10.5. The molecule has 5 aromatic rings. The summed E-state index contributed by atoms with van der Waals surface area (Å²) < 4.78 is 45.6. The summed E-state index contributed by atoms with van der Waals surface area (Å²) in [5.74, 6) is -0.333. The molecule has 0 fully saturated rings. The highest BCUT2D eigenvalue weighted by atomic mass is 79.9. The lowest BCUT2D eigenvalue weighted by Gasteiger charge is -2.34. The van der Waals surface area contributed by atoms with Crippen LogP contribution in [-0.4, -0.2) is 45.7 Å². The first-order valence-corrected chi connectivity index (χ1v) is 14.5. The van der Waals surface area contributed by atoms with Crippen LogP contribution >= 0.6 is 15.9 Å². The second-order valence-corrected chi connectivity index (χ2v) is 11.6. The van der Waals surface area contributed by atoms with Crippen molar-refractivity contribution in [1.29, 1.82) is 0 Å². The summed E-state index contributed by atoms with van der Waals surface area (Å²) >= 11 is 2.93. The van der Waals surface area contributed by atoms with Crippen LogP contribution in [0, 0.1) is 13.8 Å². The van der Waals surface area contributed by atoms with E-state index < -0.39 is 23.7 Å². The zero-order valence-electron chi connectivity index (χ0n) is 23.8. The number of nitrogens with zero attached hydrogens (tertiary/aromatic N) is 7. The number of amides is 1. The average Bonchev–Trinajstić information content (AvgIpc) is 3.53. The lowest BCUT2D eigenvalue weighted by Crippen LogP contribution is -2.46. The zero-order valence-corrected chi connectivity index (χ0v) is 25.4. The van der Waals surface area contributed by atoms with Gasteiger partial charge in [0.2, 0.25) is 5.95 Å². The molecular formula is C30H27BrF3N7O2. The highest BCUT2D eigenvalue weighted by Crippen LogP contribution is 2.36. The molecule has 0 radical (unpaired) electrons. The number of carbonyl (C=O) groups excluding carboxylic acids is 1. The third-order valence-electron chi connectivity index (χ3n) is 7.78. The van der Waals surface area contributed by atoms with Gasteiger partial charge in [-0.1, -0.05) is 15.9 Å². The predicted molar refractivity (Wildman–Crippen MR) is 158 cm³/mol. The molecule has 43 heavy (non-hydrogen) atoms. The third kappa shape index (κ3) is 4.94. The quantitative estimate of drug-likeness (QED) is 0.246. The molecule has 0 aliphatic carbocycles. The third-order valence-corrected chi connectivity index (χ3v) is 8.47. The standard InChI is InChI=1S/C30H27BrF3N7O2/c1-5-38-15-35-24-13-20(7-9-26(24)38)40-28(43)21-11-17(3)39(14-25(21)36-29(40)41-18(4)10-16(2)37-41)27(42)19-6-8-23(31)22(12-19)30(32,33)34/h6-10,12-13,15,17H,5,11,14H2,1-4H3. The van der Waals surface area contributed by atoms with E-state index in [0.717, 1.165) is 35.0 Å². The van der Waals surface area contributed by atoms with E-state index in [1.807, 2.05) is 49.6 Å². The molecule has 2 aromatic carbocycles. The number of hydrogen-bond donors (Lipinski definition) is 0.